The Kier molecular flexibility index (Phi) is 6.35. The number of rotatable bonds is 8. The van der Waals surface area contributed by atoms with Crippen LogP contribution in [0.2, 0.25) is 0 Å². The Morgan fingerprint density at radius 3 is 2.81 bits per heavy atom. The van der Waals surface area contributed by atoms with Gasteiger partial charge < -0.3 is 5.32 Å². The van der Waals surface area contributed by atoms with E-state index in [1.807, 2.05) is 40.3 Å². The molecule has 3 aromatic rings. The number of nitrogens with zero attached hydrogens (tertiary/aromatic N) is 2. The topological polar surface area (TPSA) is 62.7 Å². The third-order valence-corrected chi connectivity index (χ3v) is 5.55. The molecule has 5 nitrogen and oxygen atoms in total. The lowest BCUT2D eigenvalue weighted by atomic mass is 9.96. The molecule has 26 heavy (non-hydrogen) atoms. The molecule has 0 aliphatic carbocycles. The van der Waals surface area contributed by atoms with Crippen LogP contribution >= 0.6 is 23.6 Å². The highest BCUT2D eigenvalue weighted by atomic mass is 32.1. The largest absolute Gasteiger partial charge is 0.355 e. The molecule has 2 heterocycles. The van der Waals surface area contributed by atoms with E-state index in [-0.39, 0.29) is 5.91 Å². The summed E-state index contributed by atoms with van der Waals surface area (Å²) in [6.45, 7) is 3.30. The minimum Gasteiger partial charge on any atom is -0.355 e. The first-order valence-electron chi connectivity index (χ1n) is 8.69. The summed E-state index contributed by atoms with van der Waals surface area (Å²) in [4.78, 5) is 13.3. The maximum absolute atomic E-state index is 12.3. The molecule has 1 amide bonds. The van der Waals surface area contributed by atoms with Gasteiger partial charge in [0.1, 0.15) is 0 Å². The Bertz CT molecular complexity index is 884. The summed E-state index contributed by atoms with van der Waals surface area (Å²) in [5, 5.41) is 12.2. The van der Waals surface area contributed by atoms with Gasteiger partial charge in [-0.15, -0.1) is 11.3 Å². The van der Waals surface area contributed by atoms with Gasteiger partial charge in [-0.25, -0.2) is 0 Å². The predicted molar refractivity (Wildman–Crippen MR) is 108 cm³/mol. The molecule has 0 aliphatic heterocycles. The third-order valence-electron chi connectivity index (χ3n) is 4.37. The molecule has 136 valence electrons. The van der Waals surface area contributed by atoms with Gasteiger partial charge in [-0.05, 0) is 35.6 Å². The van der Waals surface area contributed by atoms with Gasteiger partial charge in [-0.3, -0.25) is 14.5 Å². The quantitative estimate of drug-likeness (QED) is 0.565. The average Bonchev–Trinajstić information content (AvgIpc) is 3.31. The maximum atomic E-state index is 12.3. The van der Waals surface area contributed by atoms with Crippen molar-refractivity contribution in [2.75, 3.05) is 6.54 Å². The van der Waals surface area contributed by atoms with Crippen molar-refractivity contribution in [1.82, 2.24) is 20.1 Å². The number of thiophene rings is 1. The van der Waals surface area contributed by atoms with E-state index in [1.54, 1.807) is 11.3 Å². The number of aromatic amines is 1. The molecule has 0 fully saturated rings. The number of aromatic nitrogens is 3. The number of carbonyl (C=O) groups excluding carboxylic acids is 1. The molecule has 0 aliphatic rings. The molecule has 1 aromatic carbocycles. The van der Waals surface area contributed by atoms with Gasteiger partial charge in [0.15, 0.2) is 10.6 Å². The van der Waals surface area contributed by atoms with Crippen molar-refractivity contribution in [1.29, 1.82) is 0 Å². The highest BCUT2D eigenvalue weighted by Gasteiger charge is 2.13. The number of nitrogens with one attached hydrogen (secondary N) is 2. The predicted octanol–water partition coefficient (Wildman–Crippen LogP) is 4.37. The number of H-pyrrole nitrogens is 1. The number of benzene rings is 1. The van der Waals surface area contributed by atoms with Crippen molar-refractivity contribution in [3.8, 4) is 10.7 Å². The summed E-state index contributed by atoms with van der Waals surface area (Å²) in [6, 6.07) is 14.3. The molecular formula is C19H22N4OS2. The zero-order valence-electron chi connectivity index (χ0n) is 14.6. The van der Waals surface area contributed by atoms with E-state index >= 15 is 0 Å². The summed E-state index contributed by atoms with van der Waals surface area (Å²) in [7, 11) is 0. The van der Waals surface area contributed by atoms with Crippen molar-refractivity contribution < 1.29 is 4.79 Å². The van der Waals surface area contributed by atoms with Crippen LogP contribution < -0.4 is 5.32 Å². The third kappa shape index (κ3) is 4.47. The second-order valence-electron chi connectivity index (χ2n) is 6.05. The van der Waals surface area contributed by atoms with Gasteiger partial charge in [-0.2, -0.15) is 5.10 Å². The first-order valence-corrected chi connectivity index (χ1v) is 9.98. The van der Waals surface area contributed by atoms with Crippen LogP contribution in [0, 0.1) is 4.77 Å². The fourth-order valence-corrected chi connectivity index (χ4v) is 3.83. The van der Waals surface area contributed by atoms with Crippen LogP contribution in [0.25, 0.3) is 10.7 Å². The van der Waals surface area contributed by atoms with E-state index in [2.05, 4.69) is 34.6 Å². The first-order chi connectivity index (χ1) is 12.7. The molecule has 1 unspecified atom stereocenters. The summed E-state index contributed by atoms with van der Waals surface area (Å²) in [6.07, 6.45) is 1.36. The number of hydrogen-bond acceptors (Lipinski definition) is 4. The fourth-order valence-electron chi connectivity index (χ4n) is 2.88. The molecule has 0 saturated heterocycles. The molecule has 3 rings (SSSR count). The highest BCUT2D eigenvalue weighted by Crippen LogP contribution is 2.23. The van der Waals surface area contributed by atoms with Crippen molar-refractivity contribution in [3.63, 3.8) is 0 Å². The summed E-state index contributed by atoms with van der Waals surface area (Å²) < 4.78 is 2.42. The molecule has 1 atom stereocenters. The minimum absolute atomic E-state index is 0.0274. The van der Waals surface area contributed by atoms with Crippen LogP contribution in [0.5, 0.6) is 0 Å². The summed E-state index contributed by atoms with van der Waals surface area (Å²) in [5.74, 6) is 1.14. The zero-order valence-corrected chi connectivity index (χ0v) is 16.3. The van der Waals surface area contributed by atoms with Crippen LogP contribution in [0.1, 0.15) is 31.2 Å². The maximum Gasteiger partial charge on any atom is 0.221 e. The van der Waals surface area contributed by atoms with Crippen LogP contribution in [0.15, 0.2) is 47.8 Å². The Hall–Kier alpha value is -2.25. The van der Waals surface area contributed by atoms with Gasteiger partial charge in [0.2, 0.25) is 5.91 Å². The SMILES string of the molecule is CCC(CNC(=O)CCn1c(-c2cccs2)n[nH]c1=S)c1ccccc1. The number of hydrogen-bond donors (Lipinski definition) is 2. The van der Waals surface area contributed by atoms with Gasteiger partial charge in [0.25, 0.3) is 0 Å². The van der Waals surface area contributed by atoms with Crippen LogP contribution in [-0.4, -0.2) is 27.2 Å². The second-order valence-corrected chi connectivity index (χ2v) is 7.39. The van der Waals surface area contributed by atoms with E-state index in [1.165, 1.54) is 5.56 Å². The van der Waals surface area contributed by atoms with Crippen LogP contribution in [-0.2, 0) is 11.3 Å². The molecular weight excluding hydrogens is 364 g/mol. The lowest BCUT2D eigenvalue weighted by Crippen LogP contribution is -2.29. The van der Waals surface area contributed by atoms with Crippen molar-refractivity contribution in [2.45, 2.75) is 32.2 Å². The Balaban J connectivity index is 1.57. The molecule has 2 aromatic heterocycles. The summed E-state index contributed by atoms with van der Waals surface area (Å²) in [5.41, 5.74) is 1.26. The molecule has 0 bridgehead atoms. The molecule has 0 spiro atoms. The van der Waals surface area contributed by atoms with Crippen LogP contribution in [0.3, 0.4) is 0 Å². The van der Waals surface area contributed by atoms with E-state index in [4.69, 9.17) is 12.2 Å². The van der Waals surface area contributed by atoms with E-state index in [0.717, 1.165) is 17.1 Å². The van der Waals surface area contributed by atoms with Gasteiger partial charge in [0, 0.05) is 25.4 Å². The summed E-state index contributed by atoms with van der Waals surface area (Å²) >= 11 is 6.91. The fraction of sp³-hybridized carbons (Fsp3) is 0.316. The molecule has 7 heteroatoms. The monoisotopic (exact) mass is 386 g/mol. The van der Waals surface area contributed by atoms with Gasteiger partial charge >= 0.3 is 0 Å². The standard InChI is InChI=1S/C19H22N4OS2/c1-2-14(15-7-4-3-5-8-15)13-20-17(24)10-11-23-18(21-22-19(23)25)16-9-6-12-26-16/h3-9,12,14H,2,10-11,13H2,1H3,(H,20,24)(H,22,25). The minimum atomic E-state index is 0.0274. The van der Waals surface area contributed by atoms with Crippen molar-refractivity contribution in [2.24, 2.45) is 0 Å². The lowest BCUT2D eigenvalue weighted by molar-refractivity contribution is -0.121. The van der Waals surface area contributed by atoms with E-state index in [9.17, 15) is 4.79 Å². The van der Waals surface area contributed by atoms with Gasteiger partial charge in [0.05, 0.1) is 4.88 Å². The Morgan fingerprint density at radius 2 is 2.12 bits per heavy atom. The number of amides is 1. The van der Waals surface area contributed by atoms with E-state index in [0.29, 0.717) is 30.2 Å². The normalized spacial score (nSPS) is 12.0. The molecule has 0 saturated carbocycles. The molecule has 0 radical (unpaired) electrons. The lowest BCUT2D eigenvalue weighted by Gasteiger charge is -2.16. The van der Waals surface area contributed by atoms with Gasteiger partial charge in [-0.1, -0.05) is 43.3 Å². The Morgan fingerprint density at radius 1 is 1.31 bits per heavy atom. The van der Waals surface area contributed by atoms with E-state index < -0.39 is 0 Å². The number of carbonyl (C=O) groups is 1. The Labute approximate surface area is 162 Å². The average molecular weight is 387 g/mol. The second kappa shape index (κ2) is 8.91. The zero-order chi connectivity index (χ0) is 18.4. The first kappa shape index (κ1) is 18.5. The van der Waals surface area contributed by atoms with Crippen molar-refractivity contribution >= 4 is 29.5 Å². The van der Waals surface area contributed by atoms with Crippen molar-refractivity contribution in [3.05, 3.63) is 58.2 Å². The molecule has 2 N–H and O–H groups in total. The van der Waals surface area contributed by atoms with Crippen LogP contribution in [0.4, 0.5) is 0 Å². The smallest absolute Gasteiger partial charge is 0.221 e. The highest BCUT2D eigenvalue weighted by molar-refractivity contribution is 7.71.